The summed E-state index contributed by atoms with van der Waals surface area (Å²) in [6.07, 6.45) is 3.01. The maximum absolute atomic E-state index is 12.5. The largest absolute Gasteiger partial charge is 0.494 e. The molecule has 0 aliphatic carbocycles. The minimum atomic E-state index is -0.168. The summed E-state index contributed by atoms with van der Waals surface area (Å²) in [5, 5.41) is 3.14. The lowest BCUT2D eigenvalue weighted by Gasteiger charge is -2.33. The number of anilines is 2. The third kappa shape index (κ3) is 4.72. The Labute approximate surface area is 158 Å². The number of amides is 2. The molecule has 1 fully saturated rings. The van der Waals surface area contributed by atoms with E-state index in [9.17, 15) is 9.59 Å². The van der Waals surface area contributed by atoms with Crippen molar-refractivity contribution in [1.29, 1.82) is 0 Å². The molecule has 8 nitrogen and oxygen atoms in total. The third-order valence-electron chi connectivity index (χ3n) is 4.32. The van der Waals surface area contributed by atoms with Crippen molar-refractivity contribution in [3.8, 4) is 5.75 Å². The van der Waals surface area contributed by atoms with Crippen LogP contribution in [-0.4, -0.2) is 64.4 Å². The minimum absolute atomic E-state index is 0.0339. The maximum atomic E-state index is 12.5. The zero-order valence-electron chi connectivity index (χ0n) is 15.5. The van der Waals surface area contributed by atoms with Crippen LogP contribution in [-0.2, 0) is 4.79 Å². The van der Waals surface area contributed by atoms with Crippen LogP contribution in [0.1, 0.15) is 24.3 Å². The molecule has 1 saturated heterocycles. The summed E-state index contributed by atoms with van der Waals surface area (Å²) in [4.78, 5) is 35.8. The summed E-state index contributed by atoms with van der Waals surface area (Å²) in [6, 6.07) is 7.52. The third-order valence-corrected chi connectivity index (χ3v) is 4.32. The Hall–Kier alpha value is -3.16. The molecule has 0 unspecified atom stereocenters. The molecule has 0 atom stereocenters. The van der Waals surface area contributed by atoms with Crippen molar-refractivity contribution in [2.45, 2.75) is 13.8 Å². The molecule has 3 rings (SSSR count). The van der Waals surface area contributed by atoms with Gasteiger partial charge >= 0.3 is 0 Å². The number of nitrogens with one attached hydrogen (secondary N) is 1. The molecule has 1 aromatic heterocycles. The fourth-order valence-corrected chi connectivity index (χ4v) is 2.84. The Kier molecular flexibility index (Phi) is 5.85. The summed E-state index contributed by atoms with van der Waals surface area (Å²) >= 11 is 0. The van der Waals surface area contributed by atoms with Gasteiger partial charge in [0, 0.05) is 38.8 Å². The van der Waals surface area contributed by atoms with Gasteiger partial charge < -0.3 is 19.9 Å². The number of benzene rings is 1. The lowest BCUT2D eigenvalue weighted by Crippen LogP contribution is -2.50. The summed E-state index contributed by atoms with van der Waals surface area (Å²) in [5.41, 5.74) is 1.15. The normalized spacial score (nSPS) is 14.0. The SMILES string of the molecule is CCOc1ccc(Nc2cnc(C(=O)N3CCN(C(C)=O)CC3)cn2)cc1. The van der Waals surface area contributed by atoms with Crippen molar-refractivity contribution >= 4 is 23.3 Å². The van der Waals surface area contributed by atoms with Gasteiger partial charge in [-0.15, -0.1) is 0 Å². The van der Waals surface area contributed by atoms with E-state index in [-0.39, 0.29) is 11.8 Å². The van der Waals surface area contributed by atoms with E-state index < -0.39 is 0 Å². The molecule has 1 aliphatic heterocycles. The predicted octanol–water partition coefficient (Wildman–Crippen LogP) is 1.92. The number of nitrogens with zero attached hydrogens (tertiary/aromatic N) is 4. The van der Waals surface area contributed by atoms with E-state index in [0.717, 1.165) is 11.4 Å². The van der Waals surface area contributed by atoms with Gasteiger partial charge in [-0.05, 0) is 31.2 Å². The Bertz CT molecular complexity index is 784. The molecule has 8 heteroatoms. The van der Waals surface area contributed by atoms with Crippen LogP contribution in [0, 0.1) is 0 Å². The molecule has 0 radical (unpaired) electrons. The van der Waals surface area contributed by atoms with Crippen LogP contribution in [0.5, 0.6) is 5.75 Å². The van der Waals surface area contributed by atoms with Crippen LogP contribution < -0.4 is 10.1 Å². The number of hydrogen-bond donors (Lipinski definition) is 1. The van der Waals surface area contributed by atoms with Crippen LogP contribution in [0.25, 0.3) is 0 Å². The number of hydrogen-bond acceptors (Lipinski definition) is 6. The number of ether oxygens (including phenoxy) is 1. The van der Waals surface area contributed by atoms with Gasteiger partial charge in [-0.25, -0.2) is 9.97 Å². The number of piperazine rings is 1. The molecule has 142 valence electrons. The van der Waals surface area contributed by atoms with E-state index >= 15 is 0 Å². The first kappa shape index (κ1) is 18.6. The van der Waals surface area contributed by atoms with Gasteiger partial charge in [0.25, 0.3) is 5.91 Å². The van der Waals surface area contributed by atoms with Gasteiger partial charge in [0.15, 0.2) is 0 Å². The van der Waals surface area contributed by atoms with Gasteiger partial charge in [0.2, 0.25) is 5.91 Å². The molecule has 0 spiro atoms. The van der Waals surface area contributed by atoms with E-state index in [1.165, 1.54) is 12.4 Å². The van der Waals surface area contributed by atoms with E-state index in [2.05, 4.69) is 15.3 Å². The van der Waals surface area contributed by atoms with Crippen molar-refractivity contribution in [3.63, 3.8) is 0 Å². The number of aromatic nitrogens is 2. The summed E-state index contributed by atoms with van der Waals surface area (Å²) in [5.74, 6) is 1.22. The topological polar surface area (TPSA) is 87.7 Å². The van der Waals surface area contributed by atoms with E-state index in [1.54, 1.807) is 16.7 Å². The van der Waals surface area contributed by atoms with Gasteiger partial charge in [0.05, 0.1) is 19.0 Å². The highest BCUT2D eigenvalue weighted by molar-refractivity contribution is 5.92. The minimum Gasteiger partial charge on any atom is -0.494 e. The van der Waals surface area contributed by atoms with Crippen LogP contribution in [0.2, 0.25) is 0 Å². The maximum Gasteiger partial charge on any atom is 0.274 e. The highest BCUT2D eigenvalue weighted by Gasteiger charge is 2.24. The van der Waals surface area contributed by atoms with E-state index in [4.69, 9.17) is 4.74 Å². The second-order valence-corrected chi connectivity index (χ2v) is 6.17. The van der Waals surface area contributed by atoms with Crippen molar-refractivity contribution in [2.24, 2.45) is 0 Å². The standard InChI is InChI=1S/C19H23N5O3/c1-3-27-16-6-4-15(5-7-16)22-18-13-20-17(12-21-18)19(26)24-10-8-23(9-11-24)14(2)25/h4-7,12-13H,3,8-11H2,1-2H3,(H,21,22). The highest BCUT2D eigenvalue weighted by atomic mass is 16.5. The average Bonchev–Trinajstić information content (AvgIpc) is 2.70. The molecule has 1 aromatic carbocycles. The van der Waals surface area contributed by atoms with Gasteiger partial charge in [-0.1, -0.05) is 0 Å². The smallest absolute Gasteiger partial charge is 0.274 e. The second kappa shape index (κ2) is 8.48. The van der Waals surface area contributed by atoms with E-state index in [1.807, 2.05) is 31.2 Å². The summed E-state index contributed by atoms with van der Waals surface area (Å²) in [6.45, 7) is 6.21. The van der Waals surface area contributed by atoms with Gasteiger partial charge in [0.1, 0.15) is 17.3 Å². The Morgan fingerprint density at radius 3 is 2.26 bits per heavy atom. The van der Waals surface area contributed by atoms with E-state index in [0.29, 0.717) is 44.3 Å². The van der Waals surface area contributed by atoms with Crippen LogP contribution in [0.15, 0.2) is 36.7 Å². The van der Waals surface area contributed by atoms with Crippen LogP contribution >= 0.6 is 0 Å². The van der Waals surface area contributed by atoms with Crippen molar-refractivity contribution in [2.75, 3.05) is 38.1 Å². The Morgan fingerprint density at radius 1 is 1.04 bits per heavy atom. The average molecular weight is 369 g/mol. The first-order chi connectivity index (χ1) is 13.1. The zero-order chi connectivity index (χ0) is 19.2. The van der Waals surface area contributed by atoms with Gasteiger partial charge in [-0.2, -0.15) is 0 Å². The number of carbonyl (C=O) groups excluding carboxylic acids is 2. The molecule has 2 aromatic rings. The quantitative estimate of drug-likeness (QED) is 0.866. The van der Waals surface area contributed by atoms with Crippen molar-refractivity contribution < 1.29 is 14.3 Å². The number of rotatable bonds is 5. The molecule has 2 heterocycles. The van der Waals surface area contributed by atoms with Crippen molar-refractivity contribution in [1.82, 2.24) is 19.8 Å². The molecule has 1 aliphatic rings. The molecule has 27 heavy (non-hydrogen) atoms. The molecular formula is C19H23N5O3. The Balaban J connectivity index is 1.58. The van der Waals surface area contributed by atoms with Gasteiger partial charge in [-0.3, -0.25) is 9.59 Å². The molecule has 0 saturated carbocycles. The van der Waals surface area contributed by atoms with Crippen LogP contribution in [0.4, 0.5) is 11.5 Å². The lowest BCUT2D eigenvalue weighted by molar-refractivity contribution is -0.130. The highest BCUT2D eigenvalue weighted by Crippen LogP contribution is 2.18. The Morgan fingerprint density at radius 2 is 1.70 bits per heavy atom. The molecule has 2 amide bonds. The van der Waals surface area contributed by atoms with Crippen molar-refractivity contribution in [3.05, 3.63) is 42.4 Å². The predicted molar refractivity (Wildman–Crippen MR) is 101 cm³/mol. The fourth-order valence-electron chi connectivity index (χ4n) is 2.84. The second-order valence-electron chi connectivity index (χ2n) is 6.17. The summed E-state index contributed by atoms with van der Waals surface area (Å²) in [7, 11) is 0. The van der Waals surface area contributed by atoms with Crippen LogP contribution in [0.3, 0.4) is 0 Å². The molecule has 0 bridgehead atoms. The first-order valence-electron chi connectivity index (χ1n) is 8.93. The zero-order valence-corrected chi connectivity index (χ0v) is 15.5. The fraction of sp³-hybridized carbons (Fsp3) is 0.368. The first-order valence-corrected chi connectivity index (χ1v) is 8.93. The molecule has 1 N–H and O–H groups in total. The summed E-state index contributed by atoms with van der Waals surface area (Å²) < 4.78 is 5.41. The molecular weight excluding hydrogens is 346 g/mol. The monoisotopic (exact) mass is 369 g/mol. The lowest BCUT2D eigenvalue weighted by atomic mass is 10.2. The number of carbonyl (C=O) groups is 2.